The van der Waals surface area contributed by atoms with Gasteiger partial charge in [0.25, 0.3) is 0 Å². The number of aryl methyl sites for hydroxylation is 2. The second kappa shape index (κ2) is 10.4. The van der Waals surface area contributed by atoms with E-state index in [0.717, 1.165) is 5.82 Å². The molecule has 0 unspecified atom stereocenters. The minimum Gasteiger partial charge on any atom is -0.462 e. The van der Waals surface area contributed by atoms with Gasteiger partial charge < -0.3 is 19.1 Å². The Bertz CT molecular complexity index is 1160. The number of pyridine rings is 1. The molecule has 0 radical (unpaired) electrons. The Labute approximate surface area is 196 Å². The fourth-order valence-electron chi connectivity index (χ4n) is 3.67. The van der Waals surface area contributed by atoms with E-state index in [9.17, 15) is 14.0 Å². The minimum atomic E-state index is -0.392. The number of rotatable bonds is 7. The maximum absolute atomic E-state index is 13.8. The molecular weight excluding hydrogens is 441 g/mol. The number of hydrogen-bond donors (Lipinski definition) is 0. The molecule has 10 heteroatoms. The summed E-state index contributed by atoms with van der Waals surface area (Å²) in [5, 5.41) is 3.90. The summed E-state index contributed by atoms with van der Waals surface area (Å²) in [7, 11) is 0. The number of hydrogen-bond acceptors (Lipinski definition) is 8. The summed E-state index contributed by atoms with van der Waals surface area (Å²) in [5.74, 6) is 0.683. The quantitative estimate of drug-likeness (QED) is 0.489. The summed E-state index contributed by atoms with van der Waals surface area (Å²) >= 11 is 0. The van der Waals surface area contributed by atoms with Crippen molar-refractivity contribution >= 4 is 17.7 Å². The maximum Gasteiger partial charge on any atom is 0.339 e. The van der Waals surface area contributed by atoms with Crippen LogP contribution in [-0.2, 0) is 16.0 Å². The number of aromatic nitrogens is 3. The highest BCUT2D eigenvalue weighted by Crippen LogP contribution is 2.20. The van der Waals surface area contributed by atoms with Crippen LogP contribution in [0.5, 0.6) is 0 Å². The molecule has 0 saturated carbocycles. The average molecular weight is 468 g/mol. The predicted octanol–water partition coefficient (Wildman–Crippen LogP) is 3.04. The summed E-state index contributed by atoms with van der Waals surface area (Å²) in [4.78, 5) is 36.9. The van der Waals surface area contributed by atoms with E-state index in [1.165, 1.54) is 12.3 Å². The summed E-state index contributed by atoms with van der Waals surface area (Å²) in [6, 6.07) is 8.25. The zero-order valence-electron chi connectivity index (χ0n) is 19.2. The van der Waals surface area contributed by atoms with Gasteiger partial charge in [0.2, 0.25) is 17.6 Å². The van der Waals surface area contributed by atoms with Crippen LogP contribution < -0.4 is 4.90 Å². The third kappa shape index (κ3) is 5.38. The number of piperazine rings is 1. The van der Waals surface area contributed by atoms with Crippen LogP contribution in [0.1, 0.15) is 35.2 Å². The van der Waals surface area contributed by atoms with Crippen LogP contribution >= 0.6 is 0 Å². The number of anilines is 1. The van der Waals surface area contributed by atoms with E-state index in [1.54, 1.807) is 43.0 Å². The SMILES string of the molecule is CCOC(=O)c1ccc(N2CCN(C(=O)CCc3nc(-c4ccc(C)c(F)c4)no3)CC2)nc1. The Kier molecular flexibility index (Phi) is 7.15. The molecule has 0 N–H and O–H groups in total. The van der Waals surface area contributed by atoms with Gasteiger partial charge in [-0.15, -0.1) is 0 Å². The normalized spacial score (nSPS) is 13.7. The van der Waals surface area contributed by atoms with Crippen LogP contribution in [0.15, 0.2) is 41.1 Å². The van der Waals surface area contributed by atoms with Crippen molar-refractivity contribution in [1.29, 1.82) is 0 Å². The van der Waals surface area contributed by atoms with Crippen LogP contribution in [-0.4, -0.2) is 64.7 Å². The monoisotopic (exact) mass is 467 g/mol. The molecule has 9 nitrogen and oxygen atoms in total. The van der Waals surface area contributed by atoms with E-state index in [1.807, 2.05) is 0 Å². The fraction of sp³-hybridized carbons (Fsp3) is 0.375. The molecule has 1 aliphatic rings. The van der Waals surface area contributed by atoms with E-state index < -0.39 is 5.97 Å². The Morgan fingerprint density at radius 1 is 1.15 bits per heavy atom. The number of carbonyl (C=O) groups is 2. The van der Waals surface area contributed by atoms with Gasteiger partial charge in [0.1, 0.15) is 11.6 Å². The molecule has 4 rings (SSSR count). The third-order valence-corrected chi connectivity index (χ3v) is 5.67. The number of amides is 1. The van der Waals surface area contributed by atoms with Gasteiger partial charge >= 0.3 is 5.97 Å². The Balaban J connectivity index is 1.26. The van der Waals surface area contributed by atoms with E-state index in [4.69, 9.17) is 9.26 Å². The lowest BCUT2D eigenvalue weighted by Crippen LogP contribution is -2.49. The lowest BCUT2D eigenvalue weighted by Gasteiger charge is -2.35. The highest BCUT2D eigenvalue weighted by atomic mass is 19.1. The Morgan fingerprint density at radius 2 is 1.94 bits per heavy atom. The first-order valence-corrected chi connectivity index (χ1v) is 11.2. The fourth-order valence-corrected chi connectivity index (χ4v) is 3.67. The molecule has 3 heterocycles. The van der Waals surface area contributed by atoms with E-state index in [-0.39, 0.29) is 18.1 Å². The van der Waals surface area contributed by atoms with Crippen molar-refractivity contribution in [3.8, 4) is 11.4 Å². The number of benzene rings is 1. The first kappa shape index (κ1) is 23.3. The highest BCUT2D eigenvalue weighted by Gasteiger charge is 2.23. The molecule has 3 aromatic rings. The van der Waals surface area contributed by atoms with Gasteiger partial charge in [0.05, 0.1) is 12.2 Å². The van der Waals surface area contributed by atoms with E-state index >= 15 is 0 Å². The second-order valence-electron chi connectivity index (χ2n) is 7.97. The lowest BCUT2D eigenvalue weighted by atomic mass is 10.1. The largest absolute Gasteiger partial charge is 0.462 e. The van der Waals surface area contributed by atoms with Gasteiger partial charge in [0.15, 0.2) is 0 Å². The predicted molar refractivity (Wildman–Crippen MR) is 122 cm³/mol. The van der Waals surface area contributed by atoms with Crippen molar-refractivity contribution in [3.05, 3.63) is 59.4 Å². The molecular formula is C24H26FN5O4. The van der Waals surface area contributed by atoms with Crippen molar-refractivity contribution in [2.75, 3.05) is 37.7 Å². The molecule has 1 amide bonds. The zero-order chi connectivity index (χ0) is 24.1. The summed E-state index contributed by atoms with van der Waals surface area (Å²) in [5.41, 5.74) is 1.49. The Morgan fingerprint density at radius 3 is 2.62 bits per heavy atom. The van der Waals surface area contributed by atoms with Crippen LogP contribution in [0.4, 0.5) is 10.2 Å². The van der Waals surface area contributed by atoms with Crippen LogP contribution in [0.25, 0.3) is 11.4 Å². The lowest BCUT2D eigenvalue weighted by molar-refractivity contribution is -0.131. The zero-order valence-corrected chi connectivity index (χ0v) is 19.2. The van der Waals surface area contributed by atoms with Gasteiger partial charge in [-0.1, -0.05) is 17.3 Å². The van der Waals surface area contributed by atoms with E-state index in [0.29, 0.717) is 67.6 Å². The van der Waals surface area contributed by atoms with Gasteiger partial charge in [-0.2, -0.15) is 4.98 Å². The minimum absolute atomic E-state index is 0.00592. The molecule has 0 spiro atoms. The van der Waals surface area contributed by atoms with Crippen molar-refractivity contribution in [1.82, 2.24) is 20.0 Å². The van der Waals surface area contributed by atoms with Gasteiger partial charge in [0, 0.05) is 50.8 Å². The van der Waals surface area contributed by atoms with Crippen LogP contribution in [0.3, 0.4) is 0 Å². The first-order chi connectivity index (χ1) is 16.4. The molecule has 0 atom stereocenters. The molecule has 1 fully saturated rings. The highest BCUT2D eigenvalue weighted by molar-refractivity contribution is 5.89. The van der Waals surface area contributed by atoms with Crippen LogP contribution in [0, 0.1) is 12.7 Å². The third-order valence-electron chi connectivity index (χ3n) is 5.67. The first-order valence-electron chi connectivity index (χ1n) is 11.2. The molecule has 34 heavy (non-hydrogen) atoms. The number of esters is 1. The second-order valence-corrected chi connectivity index (χ2v) is 7.97. The molecule has 2 aromatic heterocycles. The summed E-state index contributed by atoms with van der Waals surface area (Å²) < 4.78 is 24.0. The molecule has 1 saturated heterocycles. The van der Waals surface area contributed by atoms with Crippen molar-refractivity contribution < 1.29 is 23.2 Å². The number of halogens is 1. The smallest absolute Gasteiger partial charge is 0.339 e. The molecule has 0 aliphatic carbocycles. The molecule has 1 aliphatic heterocycles. The van der Waals surface area contributed by atoms with Crippen molar-refractivity contribution in [2.45, 2.75) is 26.7 Å². The number of carbonyl (C=O) groups excluding carboxylic acids is 2. The average Bonchev–Trinajstić information content (AvgIpc) is 3.34. The van der Waals surface area contributed by atoms with Gasteiger partial charge in [-0.25, -0.2) is 14.2 Å². The topological polar surface area (TPSA) is 102 Å². The molecule has 0 bridgehead atoms. The number of nitrogens with zero attached hydrogens (tertiary/aromatic N) is 5. The summed E-state index contributed by atoms with van der Waals surface area (Å²) in [6.45, 7) is 6.17. The van der Waals surface area contributed by atoms with Crippen molar-refractivity contribution in [3.63, 3.8) is 0 Å². The molecule has 1 aromatic carbocycles. The standard InChI is InChI=1S/C24H26FN5O4/c1-3-33-24(32)18-6-7-20(26-15-18)29-10-12-30(13-11-29)22(31)9-8-21-27-23(28-34-21)17-5-4-16(2)19(25)14-17/h4-7,14-15H,3,8-13H2,1-2H3. The number of ether oxygens (including phenoxy) is 1. The molecule has 178 valence electrons. The van der Waals surface area contributed by atoms with Gasteiger partial charge in [-0.05, 0) is 37.6 Å². The Hall–Kier alpha value is -3.82. The van der Waals surface area contributed by atoms with Crippen LogP contribution in [0.2, 0.25) is 0 Å². The maximum atomic E-state index is 13.8. The summed E-state index contributed by atoms with van der Waals surface area (Å²) in [6.07, 6.45) is 2.07. The van der Waals surface area contributed by atoms with Crippen molar-refractivity contribution in [2.24, 2.45) is 0 Å². The van der Waals surface area contributed by atoms with Gasteiger partial charge in [-0.3, -0.25) is 4.79 Å². The van der Waals surface area contributed by atoms with E-state index in [2.05, 4.69) is 20.0 Å².